The van der Waals surface area contributed by atoms with Gasteiger partial charge in [0.1, 0.15) is 0 Å². The molecule has 2 heterocycles. The van der Waals surface area contributed by atoms with E-state index >= 15 is 0 Å². The summed E-state index contributed by atoms with van der Waals surface area (Å²) in [6.45, 7) is 0. The van der Waals surface area contributed by atoms with E-state index in [0.29, 0.717) is 0 Å². The summed E-state index contributed by atoms with van der Waals surface area (Å²) in [4.78, 5) is 0. The maximum absolute atomic E-state index is 4.34. The molecule has 0 aromatic carbocycles. The van der Waals surface area contributed by atoms with E-state index in [-0.39, 0.29) is 6.04 Å². The van der Waals surface area contributed by atoms with Crippen LogP contribution in [0.1, 0.15) is 17.4 Å². The van der Waals surface area contributed by atoms with Crippen molar-refractivity contribution in [2.24, 2.45) is 7.05 Å². The molecule has 0 spiro atoms. The Bertz CT molecular complexity index is 408. The van der Waals surface area contributed by atoms with Gasteiger partial charge in [0.25, 0.3) is 0 Å². The predicted molar refractivity (Wildman–Crippen MR) is 58.6 cm³/mol. The molecule has 2 aromatic heterocycles. The summed E-state index contributed by atoms with van der Waals surface area (Å²) < 4.78 is 10.0. The summed E-state index contributed by atoms with van der Waals surface area (Å²) >= 11 is 1.23. The molecule has 0 aliphatic heterocycles. The van der Waals surface area contributed by atoms with E-state index in [4.69, 9.17) is 0 Å². The molecule has 80 valence electrons. The molecule has 1 N–H and O–H groups in total. The van der Waals surface area contributed by atoms with E-state index < -0.39 is 0 Å². The first kappa shape index (κ1) is 10.3. The van der Waals surface area contributed by atoms with Gasteiger partial charge in [-0.3, -0.25) is 4.68 Å². The van der Waals surface area contributed by atoms with Crippen LogP contribution < -0.4 is 5.32 Å². The van der Waals surface area contributed by atoms with Crippen molar-refractivity contribution in [3.63, 3.8) is 0 Å². The number of hydrogen-bond donors (Lipinski definition) is 1. The van der Waals surface area contributed by atoms with Crippen molar-refractivity contribution in [2.75, 3.05) is 7.05 Å². The summed E-state index contributed by atoms with van der Waals surface area (Å²) in [5, 5.41) is 7.56. The molecule has 15 heavy (non-hydrogen) atoms. The zero-order valence-corrected chi connectivity index (χ0v) is 9.53. The highest BCUT2D eigenvalue weighted by atomic mass is 32.1. The molecule has 0 saturated heterocycles. The third-order valence-electron chi connectivity index (χ3n) is 2.27. The van der Waals surface area contributed by atoms with Crippen LogP contribution >= 0.6 is 11.7 Å². The van der Waals surface area contributed by atoms with Crippen LogP contribution in [-0.2, 0) is 13.5 Å². The van der Waals surface area contributed by atoms with E-state index in [2.05, 4.69) is 19.2 Å². The minimum absolute atomic E-state index is 0.193. The Morgan fingerprint density at radius 2 is 2.47 bits per heavy atom. The highest BCUT2D eigenvalue weighted by Crippen LogP contribution is 2.14. The Morgan fingerprint density at radius 3 is 3.00 bits per heavy atom. The molecule has 2 rings (SSSR count). The Morgan fingerprint density at radius 1 is 1.60 bits per heavy atom. The molecule has 0 saturated carbocycles. The zero-order valence-electron chi connectivity index (χ0n) is 8.71. The van der Waals surface area contributed by atoms with Crippen molar-refractivity contribution >= 4 is 11.7 Å². The SMILES string of the molecule is CNC(Cc1ccn(C)n1)c1cnsn1. The van der Waals surface area contributed by atoms with Gasteiger partial charge in [-0.25, -0.2) is 0 Å². The molecule has 0 aliphatic rings. The molecule has 6 heteroatoms. The fourth-order valence-electron chi connectivity index (χ4n) is 1.46. The van der Waals surface area contributed by atoms with Crippen LogP contribution in [0, 0.1) is 0 Å². The number of nitrogens with one attached hydrogen (secondary N) is 1. The minimum Gasteiger partial charge on any atom is -0.311 e. The van der Waals surface area contributed by atoms with E-state index in [9.17, 15) is 0 Å². The van der Waals surface area contributed by atoms with Crippen molar-refractivity contribution < 1.29 is 0 Å². The maximum atomic E-state index is 4.34. The molecule has 0 radical (unpaired) electrons. The van der Waals surface area contributed by atoms with Gasteiger partial charge >= 0.3 is 0 Å². The van der Waals surface area contributed by atoms with Gasteiger partial charge in [-0.05, 0) is 13.1 Å². The van der Waals surface area contributed by atoms with Crippen LogP contribution in [-0.4, -0.2) is 25.6 Å². The third-order valence-corrected chi connectivity index (χ3v) is 2.76. The first-order valence-corrected chi connectivity index (χ1v) is 5.46. The average Bonchev–Trinajstić information content (AvgIpc) is 2.85. The standard InChI is InChI=1S/C9H13N5S/c1-10-8(9-6-11-15-13-9)5-7-3-4-14(2)12-7/h3-4,6,8,10H,5H2,1-2H3. The zero-order chi connectivity index (χ0) is 10.7. The average molecular weight is 223 g/mol. The molecular formula is C9H13N5S. The molecule has 2 aromatic rings. The van der Waals surface area contributed by atoms with Crippen LogP contribution in [0.5, 0.6) is 0 Å². The monoisotopic (exact) mass is 223 g/mol. The van der Waals surface area contributed by atoms with Gasteiger partial charge in [0.05, 0.1) is 35.4 Å². The smallest absolute Gasteiger partial charge is 0.0916 e. The van der Waals surface area contributed by atoms with Gasteiger partial charge < -0.3 is 5.32 Å². The van der Waals surface area contributed by atoms with Crippen molar-refractivity contribution in [3.05, 3.63) is 29.8 Å². The quantitative estimate of drug-likeness (QED) is 0.832. The molecule has 0 amide bonds. The second-order valence-corrected chi connectivity index (χ2v) is 3.92. The fourth-order valence-corrected chi connectivity index (χ4v) is 1.93. The van der Waals surface area contributed by atoms with Crippen molar-refractivity contribution in [1.82, 2.24) is 23.8 Å². The molecule has 0 aliphatic carbocycles. The first-order valence-electron chi connectivity index (χ1n) is 4.73. The van der Waals surface area contributed by atoms with Crippen LogP contribution in [0.15, 0.2) is 18.5 Å². The molecule has 1 atom stereocenters. The van der Waals surface area contributed by atoms with Crippen LogP contribution in [0.2, 0.25) is 0 Å². The Hall–Kier alpha value is -1.27. The van der Waals surface area contributed by atoms with Gasteiger partial charge in [-0.2, -0.15) is 13.8 Å². The minimum atomic E-state index is 0.193. The molecule has 1 unspecified atom stereocenters. The second-order valence-electron chi connectivity index (χ2n) is 3.36. The lowest BCUT2D eigenvalue weighted by Crippen LogP contribution is -2.19. The van der Waals surface area contributed by atoms with Crippen molar-refractivity contribution in [2.45, 2.75) is 12.5 Å². The largest absolute Gasteiger partial charge is 0.311 e. The predicted octanol–water partition coefficient (Wildman–Crippen LogP) is 0.775. The van der Waals surface area contributed by atoms with Gasteiger partial charge in [0.15, 0.2) is 0 Å². The lowest BCUT2D eigenvalue weighted by molar-refractivity contribution is 0.567. The number of rotatable bonds is 4. The number of aromatic nitrogens is 4. The van der Waals surface area contributed by atoms with E-state index in [1.807, 2.05) is 26.4 Å². The molecule has 5 nitrogen and oxygen atoms in total. The lowest BCUT2D eigenvalue weighted by atomic mass is 10.1. The molecule has 0 fully saturated rings. The number of nitrogens with zero attached hydrogens (tertiary/aromatic N) is 4. The van der Waals surface area contributed by atoms with E-state index in [1.54, 1.807) is 10.9 Å². The molecule has 0 bridgehead atoms. The summed E-state index contributed by atoms with van der Waals surface area (Å²) in [5.41, 5.74) is 2.04. The van der Waals surface area contributed by atoms with E-state index in [1.165, 1.54) is 11.7 Å². The topological polar surface area (TPSA) is 55.6 Å². The van der Waals surface area contributed by atoms with Crippen molar-refractivity contribution in [3.8, 4) is 0 Å². The summed E-state index contributed by atoms with van der Waals surface area (Å²) in [6, 6.07) is 2.21. The van der Waals surface area contributed by atoms with Crippen LogP contribution in [0.4, 0.5) is 0 Å². The maximum Gasteiger partial charge on any atom is 0.0916 e. The Kier molecular flexibility index (Phi) is 3.08. The summed E-state index contributed by atoms with van der Waals surface area (Å²) in [7, 11) is 3.84. The summed E-state index contributed by atoms with van der Waals surface area (Å²) in [6.07, 6.45) is 4.58. The van der Waals surface area contributed by atoms with Gasteiger partial charge in [0, 0.05) is 19.7 Å². The highest BCUT2D eigenvalue weighted by molar-refractivity contribution is 6.99. The third kappa shape index (κ3) is 2.40. The number of aryl methyl sites for hydroxylation is 1. The number of likely N-dealkylation sites (N-methyl/N-ethyl adjacent to an activating group) is 1. The number of hydrogen-bond acceptors (Lipinski definition) is 5. The highest BCUT2D eigenvalue weighted by Gasteiger charge is 2.13. The van der Waals surface area contributed by atoms with Crippen LogP contribution in [0.3, 0.4) is 0 Å². The van der Waals surface area contributed by atoms with Gasteiger partial charge in [0.2, 0.25) is 0 Å². The van der Waals surface area contributed by atoms with Crippen molar-refractivity contribution in [1.29, 1.82) is 0 Å². The van der Waals surface area contributed by atoms with Crippen LogP contribution in [0.25, 0.3) is 0 Å². The second kappa shape index (κ2) is 4.50. The Balaban J connectivity index is 2.09. The van der Waals surface area contributed by atoms with Gasteiger partial charge in [-0.15, -0.1) is 0 Å². The molecular weight excluding hydrogens is 210 g/mol. The lowest BCUT2D eigenvalue weighted by Gasteiger charge is -2.10. The Labute approximate surface area is 92.5 Å². The first-order chi connectivity index (χ1) is 7.29. The fraction of sp³-hybridized carbons (Fsp3) is 0.444. The van der Waals surface area contributed by atoms with E-state index in [0.717, 1.165) is 17.8 Å². The normalized spacial score (nSPS) is 12.9. The summed E-state index contributed by atoms with van der Waals surface area (Å²) in [5.74, 6) is 0. The van der Waals surface area contributed by atoms with Gasteiger partial charge in [-0.1, -0.05) is 0 Å².